The summed E-state index contributed by atoms with van der Waals surface area (Å²) in [6.07, 6.45) is 3.17. The summed E-state index contributed by atoms with van der Waals surface area (Å²) >= 11 is 0. The van der Waals surface area contributed by atoms with Crippen molar-refractivity contribution in [1.29, 1.82) is 0 Å². The lowest BCUT2D eigenvalue weighted by Gasteiger charge is -2.11. The maximum Gasteiger partial charge on any atom is 0.339 e. The van der Waals surface area contributed by atoms with E-state index in [2.05, 4.69) is 15.3 Å². The molecule has 0 aliphatic heterocycles. The molecule has 0 bridgehead atoms. The van der Waals surface area contributed by atoms with Crippen molar-refractivity contribution in [3.63, 3.8) is 0 Å². The molecule has 0 aliphatic carbocycles. The maximum atomic E-state index is 11.5. The molecule has 0 radical (unpaired) electrons. The van der Waals surface area contributed by atoms with Crippen LogP contribution in [0.25, 0.3) is 5.82 Å². The van der Waals surface area contributed by atoms with E-state index < -0.39 is 10.9 Å². The normalized spacial score (nSPS) is 10.6. The summed E-state index contributed by atoms with van der Waals surface area (Å²) in [5, 5.41) is 31.8. The van der Waals surface area contributed by atoms with Gasteiger partial charge in [0.05, 0.1) is 10.6 Å². The van der Waals surface area contributed by atoms with E-state index in [1.54, 1.807) is 0 Å². The zero-order valence-corrected chi connectivity index (χ0v) is 11.5. The minimum atomic E-state index is -1.16. The molecule has 1 N–H and O–H groups in total. The highest BCUT2D eigenvalue weighted by Gasteiger charge is 2.23. The predicted octanol–water partition coefficient (Wildman–Crippen LogP) is 1.39. The predicted molar refractivity (Wildman–Crippen MR) is 71.5 cm³/mol. The Bertz CT molecular complexity index is 710. The number of aromatic carboxylic acids is 1. The van der Waals surface area contributed by atoms with Crippen LogP contribution in [0.5, 0.6) is 0 Å². The number of hydrogen-bond acceptors (Lipinski definition) is 6. The first-order valence-corrected chi connectivity index (χ1v) is 6.30. The van der Waals surface area contributed by atoms with Crippen molar-refractivity contribution in [3.8, 4) is 5.82 Å². The van der Waals surface area contributed by atoms with Crippen LogP contribution < -0.4 is 0 Å². The van der Waals surface area contributed by atoms with Gasteiger partial charge in [-0.05, 0) is 18.4 Å². The number of carbonyl (C=O) groups is 1. The van der Waals surface area contributed by atoms with Gasteiger partial charge in [-0.15, -0.1) is 5.10 Å². The second kappa shape index (κ2) is 5.65. The number of nitrogens with zero attached hydrogens (tertiary/aromatic N) is 5. The molecular weight excluding hydrogens is 278 g/mol. The van der Waals surface area contributed by atoms with E-state index >= 15 is 0 Å². The number of carboxylic acids is 1. The molecule has 0 saturated heterocycles. The first-order valence-electron chi connectivity index (χ1n) is 6.30. The summed E-state index contributed by atoms with van der Waals surface area (Å²) in [6, 6.07) is 0. The molecule has 0 amide bonds. The smallest absolute Gasteiger partial charge is 0.339 e. The zero-order valence-electron chi connectivity index (χ0n) is 11.5. The summed E-state index contributed by atoms with van der Waals surface area (Å²) in [6.45, 7) is 3.67. The third-order valence-corrected chi connectivity index (χ3v) is 3.04. The van der Waals surface area contributed by atoms with Gasteiger partial charge in [0.25, 0.3) is 0 Å². The van der Waals surface area contributed by atoms with E-state index in [1.807, 2.05) is 13.8 Å². The molecule has 0 unspecified atom stereocenters. The molecule has 2 aromatic heterocycles. The second-order valence-corrected chi connectivity index (χ2v) is 4.24. The number of rotatable bonds is 5. The summed E-state index contributed by atoms with van der Waals surface area (Å²) in [5.74, 6) is -1.19. The summed E-state index contributed by atoms with van der Waals surface area (Å²) in [7, 11) is 0. The lowest BCUT2D eigenvalue weighted by atomic mass is 10.0. The van der Waals surface area contributed by atoms with Gasteiger partial charge in [-0.3, -0.25) is 10.1 Å². The fourth-order valence-electron chi connectivity index (χ4n) is 2.07. The van der Waals surface area contributed by atoms with E-state index in [0.29, 0.717) is 24.1 Å². The van der Waals surface area contributed by atoms with E-state index in [9.17, 15) is 20.0 Å². The van der Waals surface area contributed by atoms with E-state index in [-0.39, 0.29) is 17.1 Å². The van der Waals surface area contributed by atoms with Gasteiger partial charge in [0.1, 0.15) is 18.0 Å². The van der Waals surface area contributed by atoms with Crippen molar-refractivity contribution >= 4 is 11.7 Å². The van der Waals surface area contributed by atoms with Crippen LogP contribution in [-0.2, 0) is 12.8 Å². The number of carboxylic acid groups (broad SMARTS) is 1. The average Bonchev–Trinajstić information content (AvgIpc) is 2.95. The molecule has 0 atom stereocenters. The van der Waals surface area contributed by atoms with Gasteiger partial charge in [0, 0.05) is 0 Å². The summed E-state index contributed by atoms with van der Waals surface area (Å²) in [4.78, 5) is 21.6. The topological polar surface area (TPSA) is 124 Å². The fourth-order valence-corrected chi connectivity index (χ4v) is 2.07. The van der Waals surface area contributed by atoms with Gasteiger partial charge in [-0.2, -0.15) is 10.2 Å². The highest BCUT2D eigenvalue weighted by Crippen LogP contribution is 2.21. The Hall–Kier alpha value is -2.84. The lowest BCUT2D eigenvalue weighted by molar-refractivity contribution is -0.384. The molecule has 9 heteroatoms. The lowest BCUT2D eigenvalue weighted by Crippen LogP contribution is -2.15. The minimum absolute atomic E-state index is 0.0235. The van der Waals surface area contributed by atoms with Crippen LogP contribution in [0.2, 0.25) is 0 Å². The highest BCUT2D eigenvalue weighted by molar-refractivity contribution is 5.93. The molecule has 2 heterocycles. The van der Waals surface area contributed by atoms with Gasteiger partial charge in [0.2, 0.25) is 0 Å². The van der Waals surface area contributed by atoms with Crippen LogP contribution >= 0.6 is 0 Å². The Morgan fingerprint density at radius 3 is 2.57 bits per heavy atom. The third kappa shape index (κ3) is 2.57. The molecule has 0 fully saturated rings. The van der Waals surface area contributed by atoms with Gasteiger partial charge >= 0.3 is 11.7 Å². The van der Waals surface area contributed by atoms with Gasteiger partial charge in [0.15, 0.2) is 5.82 Å². The monoisotopic (exact) mass is 291 g/mol. The van der Waals surface area contributed by atoms with E-state index in [1.165, 1.54) is 0 Å². The first-order chi connectivity index (χ1) is 9.99. The third-order valence-electron chi connectivity index (χ3n) is 3.04. The van der Waals surface area contributed by atoms with E-state index in [4.69, 9.17) is 0 Å². The SMILES string of the molecule is CCc1nnc(-n2cc([N+](=O)[O-])cn2)c(C(=O)O)c1CC. The van der Waals surface area contributed by atoms with Crippen LogP contribution in [0.3, 0.4) is 0 Å². The Balaban J connectivity index is 2.67. The van der Waals surface area contributed by atoms with Crippen LogP contribution in [0, 0.1) is 10.1 Å². The van der Waals surface area contributed by atoms with E-state index in [0.717, 1.165) is 17.1 Å². The molecule has 0 saturated carbocycles. The van der Waals surface area contributed by atoms with Crippen LogP contribution in [0.1, 0.15) is 35.5 Å². The van der Waals surface area contributed by atoms with Gasteiger partial charge < -0.3 is 5.11 Å². The number of aromatic nitrogens is 4. The standard InChI is InChI=1S/C12H13N5O4/c1-3-8-9(4-2)14-15-11(10(8)12(18)19)16-6-7(5-13-16)17(20)21/h5-6H,3-4H2,1-2H3,(H,18,19). The molecule has 2 rings (SSSR count). The molecule has 0 aliphatic rings. The van der Waals surface area contributed by atoms with Crippen molar-refractivity contribution < 1.29 is 14.8 Å². The fraction of sp³-hybridized carbons (Fsp3) is 0.333. The minimum Gasteiger partial charge on any atom is -0.478 e. The van der Waals surface area contributed by atoms with Gasteiger partial charge in [-0.1, -0.05) is 13.8 Å². The molecule has 9 nitrogen and oxygen atoms in total. The van der Waals surface area contributed by atoms with Crippen molar-refractivity contribution in [2.24, 2.45) is 0 Å². The molecular formula is C12H13N5O4. The van der Waals surface area contributed by atoms with Crippen LogP contribution in [-0.4, -0.2) is 36.0 Å². The summed E-state index contributed by atoms with van der Waals surface area (Å²) < 4.78 is 1.06. The van der Waals surface area contributed by atoms with Crippen molar-refractivity contribution in [1.82, 2.24) is 20.0 Å². The highest BCUT2D eigenvalue weighted by atomic mass is 16.6. The van der Waals surface area contributed by atoms with Crippen molar-refractivity contribution in [2.45, 2.75) is 26.7 Å². The molecule has 2 aromatic rings. The Labute approximate surface area is 119 Å². The number of nitro groups is 1. The first kappa shape index (κ1) is 14.6. The Morgan fingerprint density at radius 1 is 1.38 bits per heavy atom. The van der Waals surface area contributed by atoms with Gasteiger partial charge in [-0.25, -0.2) is 9.48 Å². The quantitative estimate of drug-likeness (QED) is 0.651. The number of hydrogen-bond donors (Lipinski definition) is 1. The zero-order chi connectivity index (χ0) is 15.6. The second-order valence-electron chi connectivity index (χ2n) is 4.24. The molecule has 110 valence electrons. The average molecular weight is 291 g/mol. The Morgan fingerprint density at radius 2 is 2.10 bits per heavy atom. The maximum absolute atomic E-state index is 11.5. The molecule has 0 aromatic carbocycles. The molecule has 21 heavy (non-hydrogen) atoms. The van der Waals surface area contributed by atoms with Crippen molar-refractivity contribution in [3.05, 3.63) is 39.3 Å². The van der Waals surface area contributed by atoms with Crippen LogP contribution in [0.4, 0.5) is 5.69 Å². The molecule has 0 spiro atoms. The number of aryl methyl sites for hydroxylation is 1. The summed E-state index contributed by atoms with van der Waals surface area (Å²) in [5.41, 5.74) is 0.890. The van der Waals surface area contributed by atoms with Crippen molar-refractivity contribution in [2.75, 3.05) is 0 Å². The largest absolute Gasteiger partial charge is 0.478 e. The Kier molecular flexibility index (Phi) is 3.92. The van der Waals surface area contributed by atoms with Crippen LogP contribution in [0.15, 0.2) is 12.4 Å².